The molecule has 4 nitrogen and oxygen atoms in total. The Bertz CT molecular complexity index is 959. The molecule has 0 spiro atoms. The Hall–Kier alpha value is -2.37. The molecule has 2 aromatic carbocycles. The number of benzene rings is 2. The first-order valence-electron chi connectivity index (χ1n) is 6.69. The Kier molecular flexibility index (Phi) is 3.10. The van der Waals surface area contributed by atoms with Gasteiger partial charge in [-0.2, -0.15) is 9.78 Å². The van der Waals surface area contributed by atoms with Crippen molar-refractivity contribution >= 4 is 39.0 Å². The van der Waals surface area contributed by atoms with Crippen LogP contribution in [0.15, 0.2) is 54.6 Å². The van der Waals surface area contributed by atoms with Crippen molar-refractivity contribution in [1.29, 1.82) is 0 Å². The molecular formula is C16H11ClN4S. The lowest BCUT2D eigenvalue weighted by atomic mass is 10.2. The molecule has 0 saturated carbocycles. The van der Waals surface area contributed by atoms with Crippen molar-refractivity contribution < 1.29 is 0 Å². The third kappa shape index (κ3) is 2.15. The summed E-state index contributed by atoms with van der Waals surface area (Å²) >= 11 is 7.69. The molecule has 108 valence electrons. The number of nitrogens with zero attached hydrogens (tertiary/aromatic N) is 3. The molecule has 6 heteroatoms. The Morgan fingerprint density at radius 2 is 1.86 bits per heavy atom. The number of hydrogen-bond acceptors (Lipinski definition) is 4. The second kappa shape index (κ2) is 5.12. The summed E-state index contributed by atoms with van der Waals surface area (Å²) in [6.45, 7) is 0. The maximum Gasteiger partial charge on any atom is 0.213 e. The molecule has 2 heterocycles. The van der Waals surface area contributed by atoms with E-state index < -0.39 is 0 Å². The minimum Gasteiger partial charge on any atom is -0.383 e. The normalized spacial score (nSPS) is 11.1. The summed E-state index contributed by atoms with van der Waals surface area (Å²) in [7, 11) is 0. The summed E-state index contributed by atoms with van der Waals surface area (Å²) < 4.78 is 2.67. The molecule has 0 saturated heterocycles. The third-order valence-electron chi connectivity index (χ3n) is 3.35. The quantitative estimate of drug-likeness (QED) is 0.594. The molecule has 0 unspecified atom stereocenters. The highest BCUT2D eigenvalue weighted by Crippen LogP contribution is 2.31. The molecule has 0 aliphatic carbocycles. The molecule has 0 amide bonds. The predicted molar refractivity (Wildman–Crippen MR) is 91.6 cm³/mol. The topological polar surface area (TPSA) is 56.7 Å². The zero-order chi connectivity index (χ0) is 15.1. The lowest BCUT2D eigenvalue weighted by Gasteiger charge is -1.97. The van der Waals surface area contributed by atoms with Crippen LogP contribution in [0.25, 0.3) is 26.6 Å². The van der Waals surface area contributed by atoms with Crippen LogP contribution in [0.1, 0.15) is 0 Å². The Balaban J connectivity index is 1.85. The van der Waals surface area contributed by atoms with Crippen LogP contribution in [-0.4, -0.2) is 14.8 Å². The van der Waals surface area contributed by atoms with Gasteiger partial charge in [0.25, 0.3) is 0 Å². The zero-order valence-electron chi connectivity index (χ0n) is 11.4. The second-order valence-corrected chi connectivity index (χ2v) is 6.23. The lowest BCUT2D eigenvalue weighted by Crippen LogP contribution is -2.00. The van der Waals surface area contributed by atoms with Crippen LogP contribution in [0, 0.1) is 0 Å². The first kappa shape index (κ1) is 13.3. The Morgan fingerprint density at radius 1 is 1.05 bits per heavy atom. The molecule has 22 heavy (non-hydrogen) atoms. The van der Waals surface area contributed by atoms with Gasteiger partial charge in [0, 0.05) is 11.6 Å². The number of rotatable bonds is 2. The fraction of sp³-hybridized carbons (Fsp3) is 0. The van der Waals surface area contributed by atoms with Gasteiger partial charge in [0.1, 0.15) is 11.3 Å². The monoisotopic (exact) mass is 326 g/mol. The Labute approximate surface area is 135 Å². The van der Waals surface area contributed by atoms with E-state index in [1.54, 1.807) is 4.68 Å². The molecule has 4 aromatic rings. The molecule has 4 rings (SSSR count). The minimum absolute atomic E-state index is 0.550. The highest BCUT2D eigenvalue weighted by Gasteiger charge is 2.13. The molecule has 0 aliphatic rings. The van der Waals surface area contributed by atoms with Crippen LogP contribution in [0.5, 0.6) is 0 Å². The smallest absolute Gasteiger partial charge is 0.213 e. The first-order chi connectivity index (χ1) is 10.7. The molecule has 0 atom stereocenters. The van der Waals surface area contributed by atoms with Crippen LogP contribution in [0.3, 0.4) is 0 Å². The zero-order valence-corrected chi connectivity index (χ0v) is 13.0. The summed E-state index contributed by atoms with van der Waals surface area (Å²) in [6, 6.07) is 17.5. The van der Waals surface area contributed by atoms with Gasteiger partial charge in [0.15, 0.2) is 0 Å². The van der Waals surface area contributed by atoms with Crippen molar-refractivity contribution in [2.75, 3.05) is 5.73 Å². The van der Waals surface area contributed by atoms with Gasteiger partial charge in [-0.15, -0.1) is 0 Å². The first-order valence-corrected chi connectivity index (χ1v) is 7.88. The average molecular weight is 327 g/mol. The van der Waals surface area contributed by atoms with Crippen molar-refractivity contribution in [3.63, 3.8) is 0 Å². The molecule has 0 fully saturated rings. The van der Waals surface area contributed by atoms with Gasteiger partial charge >= 0.3 is 0 Å². The number of para-hydroxylation sites is 1. The number of aromatic nitrogens is 3. The summed E-state index contributed by atoms with van der Waals surface area (Å²) in [5.74, 6) is 0.550. The largest absolute Gasteiger partial charge is 0.383 e. The van der Waals surface area contributed by atoms with Crippen LogP contribution in [0.2, 0.25) is 5.02 Å². The van der Waals surface area contributed by atoms with Crippen LogP contribution < -0.4 is 5.73 Å². The van der Waals surface area contributed by atoms with E-state index in [-0.39, 0.29) is 0 Å². The van der Waals surface area contributed by atoms with Gasteiger partial charge in [0.05, 0.1) is 15.4 Å². The number of nitrogen functional groups attached to an aromatic ring is 1. The van der Waals surface area contributed by atoms with E-state index in [9.17, 15) is 0 Å². The van der Waals surface area contributed by atoms with Gasteiger partial charge in [0.2, 0.25) is 5.13 Å². The van der Waals surface area contributed by atoms with E-state index >= 15 is 0 Å². The molecule has 2 N–H and O–H groups in total. The number of hydrogen-bond donors (Lipinski definition) is 1. The second-order valence-electron chi connectivity index (χ2n) is 4.82. The van der Waals surface area contributed by atoms with Gasteiger partial charge in [-0.1, -0.05) is 59.3 Å². The predicted octanol–water partition coefficient (Wildman–Crippen LogP) is 4.38. The number of fused-ring (bicyclic) bond motifs is 1. The number of nitrogens with two attached hydrogens (primary N) is 1. The van der Waals surface area contributed by atoms with Crippen molar-refractivity contribution in [3.8, 4) is 16.4 Å². The maximum absolute atomic E-state index is 6.18. The standard InChI is InChI=1S/C16H11ClN4S/c17-11-7-4-8-13-15(11)19-16(22-13)21-14(18)9-12(20-21)10-5-2-1-3-6-10/h1-9H,18H2. The van der Waals surface area contributed by atoms with E-state index in [0.717, 1.165) is 21.5 Å². The molecule has 0 bridgehead atoms. The minimum atomic E-state index is 0.550. The van der Waals surface area contributed by atoms with Gasteiger partial charge in [-0.05, 0) is 12.1 Å². The van der Waals surface area contributed by atoms with Crippen molar-refractivity contribution in [2.45, 2.75) is 0 Å². The maximum atomic E-state index is 6.18. The van der Waals surface area contributed by atoms with E-state index in [1.165, 1.54) is 11.3 Å². The fourth-order valence-electron chi connectivity index (χ4n) is 2.29. The van der Waals surface area contributed by atoms with Crippen LogP contribution >= 0.6 is 22.9 Å². The van der Waals surface area contributed by atoms with Gasteiger partial charge < -0.3 is 5.73 Å². The summed E-state index contributed by atoms with van der Waals surface area (Å²) in [5.41, 5.74) is 8.73. The summed E-state index contributed by atoms with van der Waals surface area (Å²) in [5, 5.41) is 5.92. The molecular weight excluding hydrogens is 316 g/mol. The highest BCUT2D eigenvalue weighted by molar-refractivity contribution is 7.20. The molecule has 0 radical (unpaired) electrons. The highest BCUT2D eigenvalue weighted by atomic mass is 35.5. The average Bonchev–Trinajstić information content (AvgIpc) is 3.12. The lowest BCUT2D eigenvalue weighted by molar-refractivity contribution is 0.887. The van der Waals surface area contributed by atoms with Gasteiger partial charge in [-0.25, -0.2) is 4.98 Å². The van der Waals surface area contributed by atoms with Gasteiger partial charge in [-0.3, -0.25) is 0 Å². The number of halogens is 1. The molecule has 2 aromatic heterocycles. The van der Waals surface area contributed by atoms with E-state index in [4.69, 9.17) is 17.3 Å². The molecule has 0 aliphatic heterocycles. The number of thiazole rings is 1. The number of anilines is 1. The fourth-order valence-corrected chi connectivity index (χ4v) is 3.53. The van der Waals surface area contributed by atoms with Crippen LogP contribution in [0.4, 0.5) is 5.82 Å². The third-order valence-corrected chi connectivity index (χ3v) is 4.65. The van der Waals surface area contributed by atoms with Crippen molar-refractivity contribution in [2.24, 2.45) is 0 Å². The van der Waals surface area contributed by atoms with Crippen LogP contribution in [-0.2, 0) is 0 Å². The van der Waals surface area contributed by atoms with E-state index in [2.05, 4.69) is 10.1 Å². The summed E-state index contributed by atoms with van der Waals surface area (Å²) in [6.07, 6.45) is 0. The van der Waals surface area contributed by atoms with E-state index in [0.29, 0.717) is 16.0 Å². The SMILES string of the molecule is Nc1cc(-c2ccccc2)nn1-c1nc2c(Cl)cccc2s1. The summed E-state index contributed by atoms with van der Waals surface area (Å²) in [4.78, 5) is 4.56. The Morgan fingerprint density at radius 3 is 2.64 bits per heavy atom. The van der Waals surface area contributed by atoms with Crippen molar-refractivity contribution in [3.05, 3.63) is 59.6 Å². The van der Waals surface area contributed by atoms with E-state index in [1.807, 2.05) is 54.6 Å². The van der Waals surface area contributed by atoms with Crippen molar-refractivity contribution in [1.82, 2.24) is 14.8 Å².